The third-order valence-electron chi connectivity index (χ3n) is 3.19. The number of Topliss-reactive ketones (excluding diaryl/α,β-unsaturated/α-hetero) is 1. The second-order valence-corrected chi connectivity index (χ2v) is 4.86. The van der Waals surface area contributed by atoms with Gasteiger partial charge in [-0.05, 0) is 37.6 Å². The van der Waals surface area contributed by atoms with Crippen molar-refractivity contribution in [1.82, 2.24) is 9.78 Å². The summed E-state index contributed by atoms with van der Waals surface area (Å²) in [4.78, 5) is 12.2. The van der Waals surface area contributed by atoms with Crippen molar-refractivity contribution in [3.63, 3.8) is 0 Å². The highest BCUT2D eigenvalue weighted by Gasteiger charge is 2.18. The second-order valence-electron chi connectivity index (χ2n) is 4.48. The van der Waals surface area contributed by atoms with Gasteiger partial charge in [0.2, 0.25) is 0 Å². The topological polar surface area (TPSA) is 34.9 Å². The van der Waals surface area contributed by atoms with E-state index in [1.807, 2.05) is 13.8 Å². The summed E-state index contributed by atoms with van der Waals surface area (Å²) in [7, 11) is 0. The van der Waals surface area contributed by atoms with Crippen LogP contribution in [0.15, 0.2) is 24.3 Å². The minimum absolute atomic E-state index is 0.0934. The Morgan fingerprint density at radius 2 is 1.95 bits per heavy atom. The highest BCUT2D eigenvalue weighted by molar-refractivity contribution is 6.32. The Morgan fingerprint density at radius 1 is 1.30 bits per heavy atom. The molecule has 0 unspecified atom stereocenters. The number of nitrogens with zero attached hydrogens (tertiary/aromatic N) is 2. The lowest BCUT2D eigenvalue weighted by atomic mass is 10.1. The van der Waals surface area contributed by atoms with Crippen molar-refractivity contribution in [2.24, 2.45) is 0 Å². The Bertz CT molecular complexity index is 620. The molecule has 1 aromatic heterocycles. The number of ketones is 1. The van der Waals surface area contributed by atoms with Crippen LogP contribution in [0, 0.1) is 5.82 Å². The van der Waals surface area contributed by atoms with Crippen LogP contribution in [0.4, 0.5) is 4.39 Å². The van der Waals surface area contributed by atoms with E-state index in [2.05, 4.69) is 5.10 Å². The molecule has 0 saturated carbocycles. The molecule has 0 radical (unpaired) electrons. The van der Waals surface area contributed by atoms with E-state index in [-0.39, 0.29) is 18.0 Å². The van der Waals surface area contributed by atoms with Crippen molar-refractivity contribution < 1.29 is 9.18 Å². The first-order chi connectivity index (χ1) is 9.56. The molecular formula is C15H16ClFN2O. The van der Waals surface area contributed by atoms with Crippen LogP contribution in [0.25, 0.3) is 0 Å². The summed E-state index contributed by atoms with van der Waals surface area (Å²) >= 11 is 6.27. The first-order valence-corrected chi connectivity index (χ1v) is 6.97. The van der Waals surface area contributed by atoms with E-state index >= 15 is 0 Å². The number of carbonyl (C=O) groups excluding carboxylic acids is 1. The number of hydrogen-bond acceptors (Lipinski definition) is 2. The number of hydrogen-bond donors (Lipinski definition) is 0. The Hall–Kier alpha value is -1.68. The third-order valence-corrected chi connectivity index (χ3v) is 3.62. The molecule has 2 rings (SSSR count). The molecule has 20 heavy (non-hydrogen) atoms. The number of aromatic nitrogens is 2. The fourth-order valence-electron chi connectivity index (χ4n) is 2.08. The van der Waals surface area contributed by atoms with Gasteiger partial charge >= 0.3 is 0 Å². The van der Waals surface area contributed by atoms with Gasteiger partial charge in [0.15, 0.2) is 5.78 Å². The molecule has 0 bridgehead atoms. The van der Waals surface area contributed by atoms with Gasteiger partial charge in [-0.15, -0.1) is 0 Å². The van der Waals surface area contributed by atoms with E-state index in [0.29, 0.717) is 17.1 Å². The normalized spacial score (nSPS) is 10.8. The Labute approximate surface area is 122 Å². The molecule has 0 N–H and O–H groups in total. The van der Waals surface area contributed by atoms with Crippen molar-refractivity contribution in [3.8, 4) is 0 Å². The molecule has 0 aliphatic carbocycles. The lowest BCUT2D eigenvalue weighted by Gasteiger charge is -2.05. The second kappa shape index (κ2) is 6.18. The maximum atomic E-state index is 12.9. The average Bonchev–Trinajstić information content (AvgIpc) is 2.76. The maximum Gasteiger partial charge on any atom is 0.168 e. The Balaban J connectivity index is 2.27. The standard InChI is InChI=1S/C15H16ClFN2O/c1-3-12-15(16)13(19(4-2)18-12)9-14(20)10-5-7-11(17)8-6-10/h5-8H,3-4,9H2,1-2H3. The number of benzene rings is 1. The summed E-state index contributed by atoms with van der Waals surface area (Å²) in [6.07, 6.45) is 0.898. The van der Waals surface area contributed by atoms with Gasteiger partial charge in [0.05, 0.1) is 22.8 Å². The zero-order valence-electron chi connectivity index (χ0n) is 11.5. The molecule has 3 nitrogen and oxygen atoms in total. The molecule has 0 aliphatic rings. The summed E-state index contributed by atoms with van der Waals surface area (Å²) in [6.45, 7) is 4.58. The molecule has 106 valence electrons. The van der Waals surface area contributed by atoms with Gasteiger partial charge in [0.25, 0.3) is 0 Å². The molecule has 1 heterocycles. The van der Waals surface area contributed by atoms with Crippen LogP contribution < -0.4 is 0 Å². The van der Waals surface area contributed by atoms with Crippen molar-refractivity contribution >= 4 is 17.4 Å². The fourth-order valence-corrected chi connectivity index (χ4v) is 2.41. The Kier molecular flexibility index (Phi) is 4.55. The average molecular weight is 295 g/mol. The molecular weight excluding hydrogens is 279 g/mol. The van der Waals surface area contributed by atoms with E-state index in [1.54, 1.807) is 4.68 Å². The SMILES string of the molecule is CCc1nn(CC)c(CC(=O)c2ccc(F)cc2)c1Cl. The van der Waals surface area contributed by atoms with Crippen LogP contribution in [-0.4, -0.2) is 15.6 Å². The van der Waals surface area contributed by atoms with Gasteiger partial charge in [0.1, 0.15) is 5.82 Å². The van der Waals surface area contributed by atoms with Crippen molar-refractivity contribution in [3.05, 3.63) is 52.1 Å². The lowest BCUT2D eigenvalue weighted by molar-refractivity contribution is 0.0990. The zero-order valence-corrected chi connectivity index (χ0v) is 12.2. The van der Waals surface area contributed by atoms with Gasteiger partial charge < -0.3 is 0 Å². The molecule has 5 heteroatoms. The Morgan fingerprint density at radius 3 is 2.50 bits per heavy atom. The summed E-state index contributed by atoms with van der Waals surface area (Å²) in [5.74, 6) is -0.449. The summed E-state index contributed by atoms with van der Waals surface area (Å²) in [6, 6.07) is 5.53. The van der Waals surface area contributed by atoms with E-state index < -0.39 is 0 Å². The molecule has 2 aromatic rings. The molecule has 1 aromatic carbocycles. The van der Waals surface area contributed by atoms with Crippen LogP contribution >= 0.6 is 11.6 Å². The molecule has 0 spiro atoms. The van der Waals surface area contributed by atoms with Gasteiger partial charge in [-0.1, -0.05) is 18.5 Å². The number of rotatable bonds is 5. The van der Waals surface area contributed by atoms with Crippen LogP contribution in [0.1, 0.15) is 35.6 Å². The van der Waals surface area contributed by atoms with Crippen molar-refractivity contribution in [1.29, 1.82) is 0 Å². The van der Waals surface area contributed by atoms with Crippen LogP contribution in [0.2, 0.25) is 5.02 Å². The molecule has 0 aliphatic heterocycles. The summed E-state index contributed by atoms with van der Waals surface area (Å²) in [5.41, 5.74) is 2.00. The largest absolute Gasteiger partial charge is 0.294 e. The minimum Gasteiger partial charge on any atom is -0.294 e. The monoisotopic (exact) mass is 294 g/mol. The van der Waals surface area contributed by atoms with E-state index in [4.69, 9.17) is 11.6 Å². The van der Waals surface area contributed by atoms with Gasteiger partial charge in [-0.2, -0.15) is 5.10 Å². The highest BCUT2D eigenvalue weighted by Crippen LogP contribution is 2.23. The summed E-state index contributed by atoms with van der Waals surface area (Å²) < 4.78 is 14.6. The highest BCUT2D eigenvalue weighted by atomic mass is 35.5. The molecule has 0 amide bonds. The molecule has 0 saturated heterocycles. The lowest BCUT2D eigenvalue weighted by Crippen LogP contribution is -2.10. The molecule has 0 atom stereocenters. The zero-order chi connectivity index (χ0) is 14.7. The third kappa shape index (κ3) is 2.90. The van der Waals surface area contributed by atoms with Crippen LogP contribution in [0.3, 0.4) is 0 Å². The van der Waals surface area contributed by atoms with Crippen LogP contribution in [-0.2, 0) is 19.4 Å². The predicted octanol–water partition coefficient (Wildman–Crippen LogP) is 3.68. The van der Waals surface area contributed by atoms with E-state index in [1.165, 1.54) is 24.3 Å². The fraction of sp³-hybridized carbons (Fsp3) is 0.333. The molecule has 0 fully saturated rings. The van der Waals surface area contributed by atoms with Gasteiger partial charge in [-0.3, -0.25) is 9.48 Å². The van der Waals surface area contributed by atoms with Crippen molar-refractivity contribution in [2.45, 2.75) is 33.2 Å². The minimum atomic E-state index is -0.355. The summed E-state index contributed by atoms with van der Waals surface area (Å²) in [5, 5.41) is 4.94. The van der Waals surface area contributed by atoms with Crippen LogP contribution in [0.5, 0.6) is 0 Å². The van der Waals surface area contributed by atoms with Crippen molar-refractivity contribution in [2.75, 3.05) is 0 Å². The van der Waals surface area contributed by atoms with E-state index in [9.17, 15) is 9.18 Å². The van der Waals surface area contributed by atoms with Gasteiger partial charge in [-0.25, -0.2) is 4.39 Å². The smallest absolute Gasteiger partial charge is 0.168 e. The van der Waals surface area contributed by atoms with Gasteiger partial charge in [0, 0.05) is 12.1 Å². The number of carbonyl (C=O) groups is 1. The first kappa shape index (κ1) is 14.7. The predicted molar refractivity (Wildman–Crippen MR) is 76.7 cm³/mol. The number of aryl methyl sites for hydroxylation is 2. The maximum absolute atomic E-state index is 12.9. The number of halogens is 2. The van der Waals surface area contributed by atoms with E-state index in [0.717, 1.165) is 17.8 Å². The quantitative estimate of drug-likeness (QED) is 0.788. The first-order valence-electron chi connectivity index (χ1n) is 6.59.